The Labute approximate surface area is 148 Å². The molecule has 1 aromatic rings. The highest BCUT2D eigenvalue weighted by atomic mass is 16.5. The van der Waals surface area contributed by atoms with Gasteiger partial charge in [0.1, 0.15) is 0 Å². The smallest absolute Gasteiger partial charge is 0.305 e. The number of ether oxygens (including phenoxy) is 1. The highest BCUT2D eigenvalue weighted by Crippen LogP contribution is 2.22. The summed E-state index contributed by atoms with van der Waals surface area (Å²) in [6.07, 6.45) is 2.13. The Balaban J connectivity index is 2.11. The van der Waals surface area contributed by atoms with Gasteiger partial charge in [-0.05, 0) is 38.7 Å². The van der Waals surface area contributed by atoms with Gasteiger partial charge in [-0.25, -0.2) is 0 Å². The molecule has 2 heterocycles. The van der Waals surface area contributed by atoms with E-state index in [1.165, 1.54) is 0 Å². The number of aryl methyl sites for hydroxylation is 2. The maximum atomic E-state index is 13.1. The number of carboxylic acids is 1. The zero-order valence-corrected chi connectivity index (χ0v) is 15.6. The van der Waals surface area contributed by atoms with Crippen LogP contribution >= 0.6 is 0 Å². The number of carbonyl (C=O) groups is 2. The monoisotopic (exact) mass is 351 g/mol. The second kappa shape index (κ2) is 8.47. The van der Waals surface area contributed by atoms with E-state index in [2.05, 4.69) is 5.10 Å². The molecule has 1 aliphatic rings. The van der Waals surface area contributed by atoms with E-state index in [4.69, 9.17) is 9.84 Å². The molecule has 0 radical (unpaired) electrons. The highest BCUT2D eigenvalue weighted by Gasteiger charge is 2.30. The first-order chi connectivity index (χ1) is 11.8. The number of hydrogen-bond acceptors (Lipinski definition) is 4. The van der Waals surface area contributed by atoms with Crippen LogP contribution in [0.5, 0.6) is 0 Å². The summed E-state index contributed by atoms with van der Waals surface area (Å²) in [5, 5.41) is 13.4. The van der Waals surface area contributed by atoms with Crippen molar-refractivity contribution in [2.24, 2.45) is 13.0 Å². The molecule has 0 unspecified atom stereocenters. The van der Waals surface area contributed by atoms with E-state index < -0.39 is 5.97 Å². The molecule has 140 valence electrons. The van der Waals surface area contributed by atoms with Crippen molar-refractivity contribution in [1.82, 2.24) is 14.7 Å². The van der Waals surface area contributed by atoms with Crippen molar-refractivity contribution in [1.29, 1.82) is 0 Å². The summed E-state index contributed by atoms with van der Waals surface area (Å²) in [6.45, 7) is 7.39. The van der Waals surface area contributed by atoms with Crippen LogP contribution < -0.4 is 0 Å². The minimum Gasteiger partial charge on any atom is -0.481 e. The van der Waals surface area contributed by atoms with E-state index in [1.54, 1.807) is 4.90 Å². The zero-order chi connectivity index (χ0) is 18.6. The molecule has 1 N–H and O–H groups in total. The maximum Gasteiger partial charge on any atom is 0.305 e. The third-order valence-corrected chi connectivity index (χ3v) is 5.07. The van der Waals surface area contributed by atoms with Gasteiger partial charge in [0.05, 0.1) is 12.1 Å². The maximum absolute atomic E-state index is 13.1. The van der Waals surface area contributed by atoms with E-state index in [9.17, 15) is 9.59 Å². The Bertz CT molecular complexity index is 620. The lowest BCUT2D eigenvalue weighted by Crippen LogP contribution is -2.46. The number of rotatable bonds is 7. The van der Waals surface area contributed by atoms with Crippen LogP contribution in [0.2, 0.25) is 0 Å². The lowest BCUT2D eigenvalue weighted by Gasteiger charge is -2.35. The van der Waals surface area contributed by atoms with Crippen molar-refractivity contribution in [3.05, 3.63) is 17.0 Å². The van der Waals surface area contributed by atoms with Crippen molar-refractivity contribution in [3.8, 4) is 0 Å². The lowest BCUT2D eigenvalue weighted by molar-refractivity contribution is -0.142. The van der Waals surface area contributed by atoms with Gasteiger partial charge in [0.2, 0.25) is 5.91 Å². The van der Waals surface area contributed by atoms with E-state index >= 15 is 0 Å². The number of nitrogens with zero attached hydrogens (tertiary/aromatic N) is 3. The van der Waals surface area contributed by atoms with Gasteiger partial charge in [-0.15, -0.1) is 0 Å². The first kappa shape index (κ1) is 19.4. The van der Waals surface area contributed by atoms with Crippen molar-refractivity contribution in [3.63, 3.8) is 0 Å². The van der Waals surface area contributed by atoms with E-state index in [0.29, 0.717) is 19.6 Å². The van der Waals surface area contributed by atoms with Crippen molar-refractivity contribution in [2.45, 2.75) is 52.5 Å². The molecule has 7 heteroatoms. The van der Waals surface area contributed by atoms with Gasteiger partial charge in [-0.3, -0.25) is 14.3 Å². The van der Waals surface area contributed by atoms with E-state index in [0.717, 1.165) is 29.8 Å². The quantitative estimate of drug-likeness (QED) is 0.808. The predicted molar refractivity (Wildman–Crippen MR) is 93.4 cm³/mol. The lowest BCUT2D eigenvalue weighted by atomic mass is 9.96. The van der Waals surface area contributed by atoms with Gasteiger partial charge in [0.25, 0.3) is 0 Å². The Hall–Kier alpha value is -1.89. The second-order valence-electron chi connectivity index (χ2n) is 6.90. The third kappa shape index (κ3) is 4.81. The summed E-state index contributed by atoms with van der Waals surface area (Å²) >= 11 is 0. The molecule has 1 fully saturated rings. The van der Waals surface area contributed by atoms with Gasteiger partial charge < -0.3 is 14.7 Å². The fraction of sp³-hybridized carbons (Fsp3) is 0.722. The summed E-state index contributed by atoms with van der Waals surface area (Å²) < 4.78 is 7.22. The molecular formula is C18H29N3O4. The minimum atomic E-state index is -0.878. The standard InChI is InChI=1S/C18H29N3O4/c1-12(11-16-13(2)19-20(4)14(16)3)18(24)21(8-5-17(22)23)15-6-9-25-10-7-15/h12,15H,5-11H2,1-4H3,(H,22,23)/t12-/m1/s1. The molecule has 25 heavy (non-hydrogen) atoms. The second-order valence-corrected chi connectivity index (χ2v) is 6.90. The SMILES string of the molecule is Cc1nn(C)c(C)c1C[C@@H](C)C(=O)N(CCC(=O)O)C1CCOCC1. The summed E-state index contributed by atoms with van der Waals surface area (Å²) in [4.78, 5) is 25.8. The van der Waals surface area contributed by atoms with Gasteiger partial charge in [-0.2, -0.15) is 5.10 Å². The normalized spacial score (nSPS) is 16.6. The summed E-state index contributed by atoms with van der Waals surface area (Å²) in [5.41, 5.74) is 3.12. The summed E-state index contributed by atoms with van der Waals surface area (Å²) in [5.74, 6) is -1.06. The van der Waals surface area contributed by atoms with Crippen molar-refractivity contribution < 1.29 is 19.4 Å². The Morgan fingerprint density at radius 1 is 1.36 bits per heavy atom. The molecule has 0 saturated carbocycles. The number of hydrogen-bond donors (Lipinski definition) is 1. The van der Waals surface area contributed by atoms with E-state index in [1.807, 2.05) is 32.5 Å². The van der Waals surface area contributed by atoms with Gasteiger partial charge in [-0.1, -0.05) is 6.92 Å². The molecule has 0 spiro atoms. The first-order valence-corrected chi connectivity index (χ1v) is 8.90. The Kier molecular flexibility index (Phi) is 6.58. The number of aliphatic carboxylic acids is 1. The van der Waals surface area contributed by atoms with Crippen LogP contribution in [0.4, 0.5) is 0 Å². The number of amides is 1. The Morgan fingerprint density at radius 3 is 2.52 bits per heavy atom. The van der Waals surface area contributed by atoms with Crippen LogP contribution in [0.25, 0.3) is 0 Å². The topological polar surface area (TPSA) is 84.7 Å². The summed E-state index contributed by atoms with van der Waals surface area (Å²) in [7, 11) is 1.90. The van der Waals surface area contributed by atoms with Crippen LogP contribution in [0.3, 0.4) is 0 Å². The van der Waals surface area contributed by atoms with Crippen LogP contribution in [0.1, 0.15) is 43.1 Å². The van der Waals surface area contributed by atoms with Crippen molar-refractivity contribution in [2.75, 3.05) is 19.8 Å². The molecule has 1 aliphatic heterocycles. The van der Waals surface area contributed by atoms with Crippen LogP contribution in [-0.2, 0) is 27.8 Å². The molecule has 1 atom stereocenters. The molecule has 0 aliphatic carbocycles. The molecule has 7 nitrogen and oxygen atoms in total. The zero-order valence-electron chi connectivity index (χ0n) is 15.6. The average Bonchev–Trinajstić information content (AvgIpc) is 2.81. The largest absolute Gasteiger partial charge is 0.481 e. The molecule has 0 aromatic carbocycles. The molecule has 2 rings (SSSR count). The first-order valence-electron chi connectivity index (χ1n) is 8.90. The van der Waals surface area contributed by atoms with Crippen molar-refractivity contribution >= 4 is 11.9 Å². The van der Waals surface area contributed by atoms with Gasteiger partial charge >= 0.3 is 5.97 Å². The highest BCUT2D eigenvalue weighted by molar-refractivity contribution is 5.80. The number of carbonyl (C=O) groups excluding carboxylic acids is 1. The molecule has 1 saturated heterocycles. The van der Waals surface area contributed by atoms with Crippen LogP contribution in [-0.4, -0.2) is 57.5 Å². The number of aromatic nitrogens is 2. The minimum absolute atomic E-state index is 0.0239. The fourth-order valence-corrected chi connectivity index (χ4v) is 3.48. The third-order valence-electron chi connectivity index (χ3n) is 5.07. The fourth-order valence-electron chi connectivity index (χ4n) is 3.48. The molecular weight excluding hydrogens is 322 g/mol. The van der Waals surface area contributed by atoms with Crippen LogP contribution in [0.15, 0.2) is 0 Å². The molecule has 0 bridgehead atoms. The predicted octanol–water partition coefficient (Wildman–Crippen LogP) is 1.70. The van der Waals surface area contributed by atoms with Gasteiger partial charge in [0.15, 0.2) is 0 Å². The van der Waals surface area contributed by atoms with Crippen LogP contribution in [0, 0.1) is 19.8 Å². The molecule has 1 aromatic heterocycles. The van der Waals surface area contributed by atoms with E-state index in [-0.39, 0.29) is 30.8 Å². The Morgan fingerprint density at radius 2 is 2.00 bits per heavy atom. The average molecular weight is 351 g/mol. The molecule has 1 amide bonds. The van der Waals surface area contributed by atoms with Gasteiger partial charge in [0, 0.05) is 44.5 Å². The number of carboxylic acid groups (broad SMARTS) is 1. The summed E-state index contributed by atoms with van der Waals surface area (Å²) in [6, 6.07) is 0.0687.